The fraction of sp³-hybridized carbons (Fsp3) is 0.941. The van der Waals surface area contributed by atoms with Gasteiger partial charge in [0.25, 0.3) is 0 Å². The first kappa shape index (κ1) is 21.4. The van der Waals surface area contributed by atoms with Gasteiger partial charge in [0.05, 0.1) is 19.8 Å². The maximum Gasteiger partial charge on any atom is 0.305 e. The molecule has 0 radical (unpaired) electrons. The molecule has 0 spiro atoms. The van der Waals surface area contributed by atoms with E-state index in [1.165, 1.54) is 19.3 Å². The fourth-order valence-electron chi connectivity index (χ4n) is 1.94. The van der Waals surface area contributed by atoms with Crippen molar-refractivity contribution in [3.63, 3.8) is 0 Å². The second-order valence-corrected chi connectivity index (χ2v) is 5.77. The summed E-state index contributed by atoms with van der Waals surface area (Å²) in [6.07, 6.45) is 7.28. The number of carbonyl (C=O) groups is 1. The Kier molecular flexibility index (Phi) is 16.2. The average molecular weight is 317 g/mol. The summed E-state index contributed by atoms with van der Waals surface area (Å²) < 4.78 is 15.9. The molecule has 22 heavy (non-hydrogen) atoms. The van der Waals surface area contributed by atoms with E-state index >= 15 is 0 Å². The molecule has 0 saturated carbocycles. The number of rotatable bonds is 16. The first-order chi connectivity index (χ1) is 10.7. The van der Waals surface area contributed by atoms with Crippen LogP contribution in [0.5, 0.6) is 0 Å². The minimum Gasteiger partial charge on any atom is -0.463 e. The number of esters is 1. The Morgan fingerprint density at radius 2 is 1.50 bits per heavy atom. The quantitative estimate of drug-likeness (QED) is 0.324. The Balaban J connectivity index is 3.14. The lowest BCUT2D eigenvalue weighted by Gasteiger charge is -2.09. The molecule has 0 atom stereocenters. The topological polar surface area (TPSA) is 48.0 Å². The molecule has 0 aromatic heterocycles. The Labute approximate surface area is 136 Å². The summed E-state index contributed by atoms with van der Waals surface area (Å²) in [6.45, 7) is 5.98. The molecule has 0 saturated heterocycles. The van der Waals surface area contributed by atoms with Crippen molar-refractivity contribution in [3.8, 4) is 0 Å². The molecule has 0 aromatic carbocycles. The monoisotopic (exact) mass is 317 g/mol. The van der Waals surface area contributed by atoms with E-state index in [2.05, 4.69) is 11.8 Å². The van der Waals surface area contributed by atoms with Gasteiger partial charge < -0.3 is 19.1 Å². The van der Waals surface area contributed by atoms with E-state index in [0.717, 1.165) is 32.4 Å². The minimum absolute atomic E-state index is 0.130. The summed E-state index contributed by atoms with van der Waals surface area (Å²) >= 11 is 0. The average Bonchev–Trinajstić information content (AvgIpc) is 2.49. The van der Waals surface area contributed by atoms with Crippen LogP contribution < -0.4 is 0 Å². The van der Waals surface area contributed by atoms with Crippen molar-refractivity contribution < 1.29 is 19.0 Å². The van der Waals surface area contributed by atoms with E-state index in [4.69, 9.17) is 14.2 Å². The molecule has 0 aliphatic carbocycles. The second kappa shape index (κ2) is 16.7. The SMILES string of the molecule is CCCCCCOCCOCCOC(=O)CCCCN(C)C. The third kappa shape index (κ3) is 17.4. The molecular weight excluding hydrogens is 282 g/mol. The molecule has 0 aliphatic heterocycles. The van der Waals surface area contributed by atoms with Crippen LogP contribution in [0.3, 0.4) is 0 Å². The lowest BCUT2D eigenvalue weighted by Crippen LogP contribution is -2.15. The van der Waals surface area contributed by atoms with E-state index in [1.54, 1.807) is 0 Å². The molecule has 132 valence electrons. The highest BCUT2D eigenvalue weighted by Gasteiger charge is 2.02. The number of carbonyl (C=O) groups excluding carboxylic acids is 1. The van der Waals surface area contributed by atoms with Crippen LogP contribution in [-0.4, -0.2) is 64.5 Å². The Hall–Kier alpha value is -0.650. The summed E-state index contributed by atoms with van der Waals surface area (Å²) in [7, 11) is 4.06. The van der Waals surface area contributed by atoms with Gasteiger partial charge in [-0.1, -0.05) is 26.2 Å². The van der Waals surface area contributed by atoms with Gasteiger partial charge in [0, 0.05) is 13.0 Å². The van der Waals surface area contributed by atoms with Gasteiger partial charge in [-0.3, -0.25) is 4.79 Å². The smallest absolute Gasteiger partial charge is 0.305 e. The van der Waals surface area contributed by atoms with Crippen LogP contribution in [0, 0.1) is 0 Å². The number of hydrogen-bond donors (Lipinski definition) is 0. The van der Waals surface area contributed by atoms with E-state index in [-0.39, 0.29) is 5.97 Å². The highest BCUT2D eigenvalue weighted by molar-refractivity contribution is 5.69. The maximum absolute atomic E-state index is 11.4. The summed E-state index contributed by atoms with van der Waals surface area (Å²) in [4.78, 5) is 13.5. The van der Waals surface area contributed by atoms with Gasteiger partial charge in [-0.2, -0.15) is 0 Å². The normalized spacial score (nSPS) is 11.1. The molecule has 0 aliphatic rings. The lowest BCUT2D eigenvalue weighted by atomic mass is 10.2. The predicted octanol–water partition coefficient (Wildman–Crippen LogP) is 2.88. The molecule has 0 N–H and O–H groups in total. The molecule has 0 heterocycles. The summed E-state index contributed by atoms with van der Waals surface area (Å²) in [5.41, 5.74) is 0. The van der Waals surface area contributed by atoms with Crippen molar-refractivity contribution in [2.24, 2.45) is 0 Å². The van der Waals surface area contributed by atoms with Crippen LogP contribution in [0.1, 0.15) is 51.9 Å². The van der Waals surface area contributed by atoms with E-state index in [9.17, 15) is 4.79 Å². The lowest BCUT2D eigenvalue weighted by molar-refractivity contribution is -0.145. The summed E-state index contributed by atoms with van der Waals surface area (Å²) in [5, 5.41) is 0. The maximum atomic E-state index is 11.4. The van der Waals surface area contributed by atoms with Gasteiger partial charge in [0.2, 0.25) is 0 Å². The molecule has 0 amide bonds. The van der Waals surface area contributed by atoms with E-state index in [1.807, 2.05) is 14.1 Å². The molecule has 0 bridgehead atoms. The van der Waals surface area contributed by atoms with Gasteiger partial charge in [-0.15, -0.1) is 0 Å². The number of nitrogens with zero attached hydrogens (tertiary/aromatic N) is 1. The largest absolute Gasteiger partial charge is 0.463 e. The number of ether oxygens (including phenoxy) is 3. The van der Waals surface area contributed by atoms with E-state index < -0.39 is 0 Å². The molecule has 5 heteroatoms. The van der Waals surface area contributed by atoms with Crippen molar-refractivity contribution in [2.75, 3.05) is 53.7 Å². The standard InChI is InChI=1S/C17H35NO4/c1-4-5-6-9-12-20-13-14-21-15-16-22-17(19)10-7-8-11-18(2)3/h4-16H2,1-3H3. The molecule has 0 unspecified atom stereocenters. The number of unbranched alkanes of at least 4 members (excludes halogenated alkanes) is 4. The predicted molar refractivity (Wildman–Crippen MR) is 89.1 cm³/mol. The zero-order chi connectivity index (χ0) is 16.5. The van der Waals surface area contributed by atoms with Crippen molar-refractivity contribution in [3.05, 3.63) is 0 Å². The van der Waals surface area contributed by atoms with Gasteiger partial charge in [0.1, 0.15) is 6.61 Å². The van der Waals surface area contributed by atoms with Crippen LogP contribution in [0.4, 0.5) is 0 Å². The van der Waals surface area contributed by atoms with Crippen LogP contribution in [-0.2, 0) is 19.0 Å². The molecule has 0 fully saturated rings. The van der Waals surface area contributed by atoms with Gasteiger partial charge in [-0.05, 0) is 39.9 Å². The van der Waals surface area contributed by atoms with Crippen LogP contribution in [0.2, 0.25) is 0 Å². The first-order valence-corrected chi connectivity index (χ1v) is 8.62. The van der Waals surface area contributed by atoms with Crippen LogP contribution in [0.25, 0.3) is 0 Å². The highest BCUT2D eigenvalue weighted by atomic mass is 16.6. The highest BCUT2D eigenvalue weighted by Crippen LogP contribution is 1.99. The molecular formula is C17H35NO4. The van der Waals surface area contributed by atoms with Gasteiger partial charge in [0.15, 0.2) is 0 Å². The van der Waals surface area contributed by atoms with Crippen molar-refractivity contribution in [1.82, 2.24) is 4.90 Å². The number of hydrogen-bond acceptors (Lipinski definition) is 5. The Morgan fingerprint density at radius 1 is 0.818 bits per heavy atom. The zero-order valence-corrected chi connectivity index (χ0v) is 14.8. The van der Waals surface area contributed by atoms with Crippen molar-refractivity contribution in [2.45, 2.75) is 51.9 Å². The van der Waals surface area contributed by atoms with Crippen molar-refractivity contribution in [1.29, 1.82) is 0 Å². The van der Waals surface area contributed by atoms with Gasteiger partial charge >= 0.3 is 5.97 Å². The van der Waals surface area contributed by atoms with E-state index in [0.29, 0.717) is 32.8 Å². The molecule has 0 rings (SSSR count). The summed E-state index contributed by atoms with van der Waals surface area (Å²) in [5.74, 6) is -0.130. The second-order valence-electron chi connectivity index (χ2n) is 5.77. The summed E-state index contributed by atoms with van der Waals surface area (Å²) in [6, 6.07) is 0. The minimum atomic E-state index is -0.130. The Morgan fingerprint density at radius 3 is 2.18 bits per heavy atom. The Bertz CT molecular complexity index is 247. The third-order valence-corrected chi connectivity index (χ3v) is 3.24. The first-order valence-electron chi connectivity index (χ1n) is 8.62. The zero-order valence-electron chi connectivity index (χ0n) is 14.8. The molecule has 5 nitrogen and oxygen atoms in total. The van der Waals surface area contributed by atoms with Crippen LogP contribution >= 0.6 is 0 Å². The van der Waals surface area contributed by atoms with Crippen LogP contribution in [0.15, 0.2) is 0 Å². The fourth-order valence-corrected chi connectivity index (χ4v) is 1.94. The van der Waals surface area contributed by atoms with Gasteiger partial charge in [-0.25, -0.2) is 0 Å². The van der Waals surface area contributed by atoms with Crippen molar-refractivity contribution >= 4 is 5.97 Å². The molecule has 0 aromatic rings. The third-order valence-electron chi connectivity index (χ3n) is 3.24.